The van der Waals surface area contributed by atoms with Crippen LogP contribution in [0.15, 0.2) is 18.5 Å². The van der Waals surface area contributed by atoms with Gasteiger partial charge in [0.25, 0.3) is 0 Å². The van der Waals surface area contributed by atoms with Crippen molar-refractivity contribution >= 4 is 0 Å². The zero-order valence-corrected chi connectivity index (χ0v) is 8.37. The molecule has 1 aromatic heterocycles. The third-order valence-corrected chi connectivity index (χ3v) is 1.78. The molecule has 1 rings (SSSR count). The molecule has 3 nitrogen and oxygen atoms in total. The minimum atomic E-state index is 0.477. The maximum Gasteiger partial charge on any atom is 0.126 e. The highest BCUT2D eigenvalue weighted by molar-refractivity contribution is 5.29. The zero-order chi connectivity index (χ0) is 9.68. The third kappa shape index (κ3) is 3.03. The van der Waals surface area contributed by atoms with Crippen LogP contribution in [0.2, 0.25) is 0 Å². The highest BCUT2D eigenvalue weighted by Crippen LogP contribution is 2.15. The number of hydrogen-bond acceptors (Lipinski definition) is 3. The Morgan fingerprint density at radius 3 is 2.92 bits per heavy atom. The monoisotopic (exact) mass is 180 g/mol. The largest absolute Gasteiger partial charge is 0.496 e. The molecular weight excluding hydrogens is 164 g/mol. The van der Waals surface area contributed by atoms with Crippen LogP contribution in [0.4, 0.5) is 0 Å². The number of ether oxygens (including phenoxy) is 1. The van der Waals surface area contributed by atoms with E-state index in [2.05, 4.69) is 24.1 Å². The van der Waals surface area contributed by atoms with Crippen LogP contribution in [-0.4, -0.2) is 18.1 Å². The van der Waals surface area contributed by atoms with Crippen LogP contribution in [0.3, 0.4) is 0 Å². The van der Waals surface area contributed by atoms with E-state index in [0.29, 0.717) is 6.04 Å². The number of hydrogen-bond donors (Lipinski definition) is 1. The summed E-state index contributed by atoms with van der Waals surface area (Å²) in [5.74, 6) is 0.892. The van der Waals surface area contributed by atoms with E-state index in [1.165, 1.54) is 0 Å². The highest BCUT2D eigenvalue weighted by atomic mass is 16.5. The Kier molecular flexibility index (Phi) is 3.71. The lowest BCUT2D eigenvalue weighted by Crippen LogP contribution is -2.22. The molecule has 0 aliphatic heterocycles. The first-order chi connectivity index (χ1) is 6.24. The van der Waals surface area contributed by atoms with E-state index >= 15 is 0 Å². The van der Waals surface area contributed by atoms with Crippen LogP contribution in [0, 0.1) is 0 Å². The van der Waals surface area contributed by atoms with Crippen LogP contribution in [0.1, 0.15) is 19.4 Å². The Bertz CT molecular complexity index is 261. The average Bonchev–Trinajstić information content (AvgIpc) is 2.15. The number of aromatic nitrogens is 1. The predicted octanol–water partition coefficient (Wildman–Crippen LogP) is 1.59. The molecule has 0 bridgehead atoms. The van der Waals surface area contributed by atoms with Crippen LogP contribution < -0.4 is 10.1 Å². The minimum Gasteiger partial charge on any atom is -0.496 e. The average molecular weight is 180 g/mol. The van der Waals surface area contributed by atoms with Crippen molar-refractivity contribution < 1.29 is 4.74 Å². The van der Waals surface area contributed by atoms with E-state index in [9.17, 15) is 0 Å². The molecule has 0 saturated carbocycles. The van der Waals surface area contributed by atoms with Crippen molar-refractivity contribution in [2.24, 2.45) is 0 Å². The number of nitrogens with one attached hydrogen (secondary N) is 1. The summed E-state index contributed by atoms with van der Waals surface area (Å²) in [5.41, 5.74) is 1.10. The summed E-state index contributed by atoms with van der Waals surface area (Å²) < 4.78 is 5.20. The molecule has 0 amide bonds. The second-order valence-electron chi connectivity index (χ2n) is 3.22. The third-order valence-electron chi connectivity index (χ3n) is 1.78. The maximum atomic E-state index is 5.20. The second-order valence-corrected chi connectivity index (χ2v) is 3.22. The van der Waals surface area contributed by atoms with Gasteiger partial charge in [0.15, 0.2) is 0 Å². The molecule has 0 radical (unpaired) electrons. The Morgan fingerprint density at radius 1 is 1.54 bits per heavy atom. The van der Waals surface area contributed by atoms with Gasteiger partial charge in [-0.3, -0.25) is 4.98 Å². The molecule has 13 heavy (non-hydrogen) atoms. The number of pyridine rings is 1. The quantitative estimate of drug-likeness (QED) is 0.764. The Labute approximate surface area is 79.1 Å². The molecule has 0 spiro atoms. The van der Waals surface area contributed by atoms with Crippen molar-refractivity contribution in [2.75, 3.05) is 7.11 Å². The summed E-state index contributed by atoms with van der Waals surface area (Å²) in [6.45, 7) is 5.03. The molecule has 0 fully saturated rings. The van der Waals surface area contributed by atoms with E-state index in [4.69, 9.17) is 4.74 Å². The molecule has 0 atom stereocenters. The molecule has 1 aromatic rings. The molecule has 0 aromatic carbocycles. The molecule has 0 saturated heterocycles. The topological polar surface area (TPSA) is 34.1 Å². The van der Waals surface area contributed by atoms with Gasteiger partial charge < -0.3 is 10.1 Å². The Morgan fingerprint density at radius 2 is 2.31 bits per heavy atom. The van der Waals surface area contributed by atoms with Gasteiger partial charge in [0.1, 0.15) is 5.75 Å². The van der Waals surface area contributed by atoms with E-state index in [1.807, 2.05) is 12.3 Å². The highest BCUT2D eigenvalue weighted by Gasteiger charge is 2.01. The fourth-order valence-corrected chi connectivity index (χ4v) is 1.06. The fourth-order valence-electron chi connectivity index (χ4n) is 1.06. The van der Waals surface area contributed by atoms with Gasteiger partial charge in [-0.25, -0.2) is 0 Å². The van der Waals surface area contributed by atoms with E-state index in [-0.39, 0.29) is 0 Å². The lowest BCUT2D eigenvalue weighted by Gasteiger charge is -2.10. The Hall–Kier alpha value is -1.09. The van der Waals surface area contributed by atoms with Gasteiger partial charge >= 0.3 is 0 Å². The fraction of sp³-hybridized carbons (Fsp3) is 0.500. The van der Waals surface area contributed by atoms with Crippen molar-refractivity contribution in [3.05, 3.63) is 24.0 Å². The Balaban J connectivity index is 2.64. The minimum absolute atomic E-state index is 0.477. The van der Waals surface area contributed by atoms with Crippen LogP contribution in [0.5, 0.6) is 5.75 Å². The molecule has 0 aliphatic carbocycles. The first-order valence-corrected chi connectivity index (χ1v) is 4.44. The number of methoxy groups -OCH3 is 1. The van der Waals surface area contributed by atoms with Gasteiger partial charge in [0, 0.05) is 30.5 Å². The first kappa shape index (κ1) is 9.99. The summed E-state index contributed by atoms with van der Waals surface area (Å²) in [7, 11) is 1.67. The van der Waals surface area contributed by atoms with Gasteiger partial charge in [-0.2, -0.15) is 0 Å². The molecule has 0 aliphatic rings. The smallest absolute Gasteiger partial charge is 0.126 e. The SMILES string of the molecule is COc1ccncc1CNC(C)C. The van der Waals surface area contributed by atoms with Gasteiger partial charge in [0.05, 0.1) is 7.11 Å². The molecular formula is C10H16N2O. The lowest BCUT2D eigenvalue weighted by atomic mass is 10.2. The first-order valence-electron chi connectivity index (χ1n) is 4.44. The maximum absolute atomic E-state index is 5.20. The summed E-state index contributed by atoms with van der Waals surface area (Å²) in [5, 5.41) is 3.32. The van der Waals surface area contributed by atoms with Gasteiger partial charge in [-0.1, -0.05) is 13.8 Å². The van der Waals surface area contributed by atoms with E-state index in [1.54, 1.807) is 13.3 Å². The van der Waals surface area contributed by atoms with Crippen molar-refractivity contribution in [3.8, 4) is 5.75 Å². The summed E-state index contributed by atoms with van der Waals surface area (Å²) in [6.07, 6.45) is 3.56. The normalized spacial score (nSPS) is 10.5. The molecule has 72 valence electrons. The zero-order valence-electron chi connectivity index (χ0n) is 8.37. The van der Waals surface area contributed by atoms with E-state index < -0.39 is 0 Å². The second kappa shape index (κ2) is 4.82. The van der Waals surface area contributed by atoms with Crippen molar-refractivity contribution in [2.45, 2.75) is 26.4 Å². The molecule has 1 heterocycles. The van der Waals surface area contributed by atoms with Crippen molar-refractivity contribution in [1.82, 2.24) is 10.3 Å². The lowest BCUT2D eigenvalue weighted by molar-refractivity contribution is 0.405. The van der Waals surface area contributed by atoms with Crippen LogP contribution in [0.25, 0.3) is 0 Å². The molecule has 3 heteroatoms. The summed E-state index contributed by atoms with van der Waals surface area (Å²) >= 11 is 0. The van der Waals surface area contributed by atoms with Crippen molar-refractivity contribution in [1.29, 1.82) is 0 Å². The van der Waals surface area contributed by atoms with Crippen LogP contribution in [-0.2, 0) is 6.54 Å². The summed E-state index contributed by atoms with van der Waals surface area (Å²) in [4.78, 5) is 4.05. The molecule has 1 N–H and O–H groups in total. The van der Waals surface area contributed by atoms with E-state index in [0.717, 1.165) is 17.9 Å². The van der Waals surface area contributed by atoms with Gasteiger partial charge in [-0.05, 0) is 6.07 Å². The van der Waals surface area contributed by atoms with Crippen molar-refractivity contribution in [3.63, 3.8) is 0 Å². The number of nitrogens with zero attached hydrogens (tertiary/aromatic N) is 1. The summed E-state index contributed by atoms with van der Waals surface area (Å²) in [6, 6.07) is 2.35. The number of rotatable bonds is 4. The molecule has 0 unspecified atom stereocenters. The standard InChI is InChI=1S/C10H16N2O/c1-8(2)12-7-9-6-11-5-4-10(9)13-3/h4-6,8,12H,7H2,1-3H3. The van der Waals surface area contributed by atoms with Gasteiger partial charge in [0.2, 0.25) is 0 Å². The predicted molar refractivity (Wildman–Crippen MR) is 52.8 cm³/mol. The van der Waals surface area contributed by atoms with Gasteiger partial charge in [-0.15, -0.1) is 0 Å². The van der Waals surface area contributed by atoms with Crippen LogP contribution >= 0.6 is 0 Å².